The zero-order chi connectivity index (χ0) is 12.1. The van der Waals surface area contributed by atoms with E-state index in [2.05, 4.69) is 53.9 Å². The van der Waals surface area contributed by atoms with Crippen LogP contribution in [0.15, 0.2) is 18.2 Å². The van der Waals surface area contributed by atoms with E-state index >= 15 is 0 Å². The highest BCUT2D eigenvalue weighted by Gasteiger charge is 2.05. The lowest BCUT2D eigenvalue weighted by molar-refractivity contribution is 0.585. The predicted molar refractivity (Wildman–Crippen MR) is 76.8 cm³/mol. The summed E-state index contributed by atoms with van der Waals surface area (Å²) >= 11 is 9.60. The van der Waals surface area contributed by atoms with Crippen LogP contribution in [0.25, 0.3) is 0 Å². The normalized spacial score (nSPS) is 10.9. The third-order valence-corrected chi connectivity index (χ3v) is 3.62. The molecular formula is C13H19BrClN. The summed E-state index contributed by atoms with van der Waals surface area (Å²) in [7, 11) is 2.11. The Balaban J connectivity index is 2.69. The topological polar surface area (TPSA) is 3.24 Å². The van der Waals surface area contributed by atoms with E-state index in [4.69, 9.17) is 11.6 Å². The van der Waals surface area contributed by atoms with Gasteiger partial charge in [0.1, 0.15) is 0 Å². The molecule has 0 heterocycles. The van der Waals surface area contributed by atoms with Crippen molar-refractivity contribution in [3.63, 3.8) is 0 Å². The quantitative estimate of drug-likeness (QED) is 0.712. The van der Waals surface area contributed by atoms with Crippen LogP contribution in [0.2, 0.25) is 5.02 Å². The molecule has 0 aliphatic heterocycles. The molecule has 0 aromatic heterocycles. The van der Waals surface area contributed by atoms with Crippen molar-refractivity contribution in [1.29, 1.82) is 0 Å². The Labute approximate surface area is 112 Å². The summed E-state index contributed by atoms with van der Waals surface area (Å²) in [5.41, 5.74) is 2.33. The molecule has 0 aliphatic carbocycles. The molecule has 0 atom stereocenters. The van der Waals surface area contributed by atoms with E-state index in [1.54, 1.807) is 0 Å². The number of benzene rings is 1. The molecule has 90 valence electrons. The first-order chi connectivity index (χ1) is 7.54. The van der Waals surface area contributed by atoms with Crippen LogP contribution in [0.4, 0.5) is 5.69 Å². The number of rotatable bonds is 5. The van der Waals surface area contributed by atoms with Gasteiger partial charge in [-0.15, -0.1) is 0 Å². The fourth-order valence-corrected chi connectivity index (χ4v) is 2.35. The van der Waals surface area contributed by atoms with Crippen molar-refractivity contribution in [1.82, 2.24) is 0 Å². The van der Waals surface area contributed by atoms with E-state index < -0.39 is 0 Å². The lowest BCUT2D eigenvalue weighted by Gasteiger charge is -2.21. The number of hydrogen-bond donors (Lipinski definition) is 0. The first-order valence-corrected chi connectivity index (χ1v) is 7.10. The fourth-order valence-electron chi connectivity index (χ4n) is 1.46. The maximum Gasteiger partial charge on any atom is 0.0467 e. The summed E-state index contributed by atoms with van der Waals surface area (Å²) in [6.07, 6.45) is 1.20. The van der Waals surface area contributed by atoms with Crippen molar-refractivity contribution in [2.45, 2.75) is 25.6 Å². The highest BCUT2D eigenvalue weighted by atomic mass is 79.9. The maximum absolute atomic E-state index is 6.18. The lowest BCUT2D eigenvalue weighted by Crippen LogP contribution is -2.19. The van der Waals surface area contributed by atoms with Crippen LogP contribution in [-0.4, -0.2) is 13.6 Å². The first-order valence-electron chi connectivity index (χ1n) is 5.60. The second-order valence-electron chi connectivity index (χ2n) is 4.51. The van der Waals surface area contributed by atoms with Gasteiger partial charge in [0.25, 0.3) is 0 Å². The van der Waals surface area contributed by atoms with E-state index in [0.717, 1.165) is 28.4 Å². The monoisotopic (exact) mass is 303 g/mol. The molecule has 1 aromatic rings. The molecular weight excluding hydrogens is 286 g/mol. The van der Waals surface area contributed by atoms with Crippen LogP contribution >= 0.6 is 27.5 Å². The molecule has 0 N–H and O–H groups in total. The maximum atomic E-state index is 6.18. The summed E-state index contributed by atoms with van der Waals surface area (Å²) in [5, 5.41) is 1.65. The van der Waals surface area contributed by atoms with Gasteiger partial charge in [-0.1, -0.05) is 47.4 Å². The fraction of sp³-hybridized carbons (Fsp3) is 0.538. The van der Waals surface area contributed by atoms with Crippen molar-refractivity contribution in [2.75, 3.05) is 18.5 Å². The molecule has 0 saturated heterocycles. The Bertz CT molecular complexity index is 339. The smallest absolute Gasteiger partial charge is 0.0467 e. The van der Waals surface area contributed by atoms with Gasteiger partial charge in [-0.25, -0.2) is 0 Å². The van der Waals surface area contributed by atoms with E-state index in [1.807, 2.05) is 6.07 Å². The molecule has 0 radical (unpaired) electrons. The zero-order valence-electron chi connectivity index (χ0n) is 10.1. The van der Waals surface area contributed by atoms with Gasteiger partial charge in [-0.05, 0) is 30.0 Å². The molecule has 0 aliphatic rings. The van der Waals surface area contributed by atoms with Crippen LogP contribution in [0.1, 0.15) is 25.8 Å². The molecule has 16 heavy (non-hydrogen) atoms. The first kappa shape index (κ1) is 13.9. The number of alkyl halides is 1. The van der Waals surface area contributed by atoms with Crippen LogP contribution < -0.4 is 4.90 Å². The van der Waals surface area contributed by atoms with E-state index in [-0.39, 0.29) is 0 Å². The molecule has 3 heteroatoms. The molecule has 0 fully saturated rings. The van der Waals surface area contributed by atoms with Crippen molar-refractivity contribution in [2.24, 2.45) is 5.92 Å². The van der Waals surface area contributed by atoms with Gasteiger partial charge in [0.15, 0.2) is 0 Å². The van der Waals surface area contributed by atoms with Crippen LogP contribution in [-0.2, 0) is 5.33 Å². The van der Waals surface area contributed by atoms with Crippen molar-refractivity contribution < 1.29 is 0 Å². The highest BCUT2D eigenvalue weighted by Crippen LogP contribution is 2.25. The van der Waals surface area contributed by atoms with Gasteiger partial charge in [0.2, 0.25) is 0 Å². The van der Waals surface area contributed by atoms with Crippen LogP contribution in [0, 0.1) is 5.92 Å². The van der Waals surface area contributed by atoms with Crippen molar-refractivity contribution in [3.05, 3.63) is 28.8 Å². The van der Waals surface area contributed by atoms with Crippen molar-refractivity contribution >= 4 is 33.2 Å². The standard InChI is InChI=1S/C13H19BrClN/c1-10(2)6-7-16(3)12-5-4-11(9-14)13(15)8-12/h4-5,8,10H,6-7,9H2,1-3H3. The average Bonchev–Trinajstić information content (AvgIpc) is 2.25. The van der Waals surface area contributed by atoms with Gasteiger partial charge in [0.05, 0.1) is 0 Å². The summed E-state index contributed by atoms with van der Waals surface area (Å²) in [5.74, 6) is 0.736. The minimum atomic E-state index is 0.736. The van der Waals surface area contributed by atoms with Gasteiger partial charge in [-0.3, -0.25) is 0 Å². The number of hydrogen-bond acceptors (Lipinski definition) is 1. The molecule has 1 aromatic carbocycles. The molecule has 1 nitrogen and oxygen atoms in total. The Morgan fingerprint density at radius 3 is 2.56 bits per heavy atom. The summed E-state index contributed by atoms with van der Waals surface area (Å²) in [6.45, 7) is 5.56. The minimum Gasteiger partial charge on any atom is -0.375 e. The van der Waals surface area contributed by atoms with Gasteiger partial charge in [0, 0.05) is 29.6 Å². The Hall–Kier alpha value is -0.210. The second-order valence-corrected chi connectivity index (χ2v) is 5.48. The van der Waals surface area contributed by atoms with Gasteiger partial charge >= 0.3 is 0 Å². The highest BCUT2D eigenvalue weighted by molar-refractivity contribution is 9.08. The van der Waals surface area contributed by atoms with E-state index in [0.29, 0.717) is 0 Å². The average molecular weight is 305 g/mol. The van der Waals surface area contributed by atoms with E-state index in [1.165, 1.54) is 12.1 Å². The summed E-state index contributed by atoms with van der Waals surface area (Å²) in [6, 6.07) is 6.25. The van der Waals surface area contributed by atoms with Crippen LogP contribution in [0.3, 0.4) is 0 Å². The summed E-state index contributed by atoms with van der Waals surface area (Å²) < 4.78 is 0. The Morgan fingerprint density at radius 1 is 1.38 bits per heavy atom. The second kappa shape index (κ2) is 6.51. The van der Waals surface area contributed by atoms with Crippen molar-refractivity contribution in [3.8, 4) is 0 Å². The Kier molecular flexibility index (Phi) is 5.63. The number of anilines is 1. The third kappa shape index (κ3) is 3.99. The van der Waals surface area contributed by atoms with Crippen LogP contribution in [0.5, 0.6) is 0 Å². The minimum absolute atomic E-state index is 0.736. The molecule has 0 amide bonds. The molecule has 0 bridgehead atoms. The molecule has 0 unspecified atom stereocenters. The summed E-state index contributed by atoms with van der Waals surface area (Å²) in [4.78, 5) is 2.25. The largest absolute Gasteiger partial charge is 0.375 e. The molecule has 0 spiro atoms. The zero-order valence-corrected chi connectivity index (χ0v) is 12.5. The molecule has 0 saturated carbocycles. The van der Waals surface area contributed by atoms with Gasteiger partial charge < -0.3 is 4.90 Å². The van der Waals surface area contributed by atoms with Gasteiger partial charge in [-0.2, -0.15) is 0 Å². The third-order valence-electron chi connectivity index (χ3n) is 2.66. The molecule has 1 rings (SSSR count). The Morgan fingerprint density at radius 2 is 2.06 bits per heavy atom. The number of nitrogens with zero attached hydrogens (tertiary/aromatic N) is 1. The number of halogens is 2. The lowest BCUT2D eigenvalue weighted by atomic mass is 10.1. The predicted octanol–water partition coefficient (Wildman–Crippen LogP) is 4.72. The van der Waals surface area contributed by atoms with E-state index in [9.17, 15) is 0 Å². The SMILES string of the molecule is CC(C)CCN(C)c1ccc(CBr)c(Cl)c1.